The van der Waals surface area contributed by atoms with E-state index < -0.39 is 0 Å². The second-order valence-electron chi connectivity index (χ2n) is 6.68. The molecule has 0 aromatic carbocycles. The van der Waals surface area contributed by atoms with Crippen molar-refractivity contribution in [2.24, 2.45) is 5.92 Å². The van der Waals surface area contributed by atoms with Gasteiger partial charge in [0, 0.05) is 5.31 Å². The summed E-state index contributed by atoms with van der Waals surface area (Å²) in [4.78, 5) is 0. The standard InChI is InChI=1S/C12H22BNO2/c1-10(2)11(3,4)16-13(15-10)12-5-6-14-8-9(12)7-12/h9,14H,5-8H2,1-4H3. The largest absolute Gasteiger partial charge is 0.464 e. The average Bonchev–Trinajstić information content (AvgIpc) is 2.85. The lowest BCUT2D eigenvalue weighted by Crippen LogP contribution is -2.41. The van der Waals surface area contributed by atoms with Gasteiger partial charge in [0.2, 0.25) is 0 Å². The van der Waals surface area contributed by atoms with Crippen LogP contribution in [0.25, 0.3) is 0 Å². The third-order valence-electron chi connectivity index (χ3n) is 5.16. The maximum atomic E-state index is 6.20. The SMILES string of the molecule is CC1(C)OB(C23CCNCC2C3)OC1(C)C. The first-order chi connectivity index (χ1) is 7.37. The summed E-state index contributed by atoms with van der Waals surface area (Å²) in [6.07, 6.45) is 2.48. The van der Waals surface area contributed by atoms with E-state index in [-0.39, 0.29) is 18.3 Å². The number of nitrogens with one attached hydrogen (secondary N) is 1. The Bertz CT molecular complexity index is 302. The molecule has 3 rings (SSSR count). The lowest BCUT2D eigenvalue weighted by molar-refractivity contribution is 0.00578. The van der Waals surface area contributed by atoms with Crippen LogP contribution in [0.4, 0.5) is 0 Å². The summed E-state index contributed by atoms with van der Waals surface area (Å²) < 4.78 is 12.4. The van der Waals surface area contributed by atoms with Crippen molar-refractivity contribution in [2.75, 3.05) is 13.1 Å². The highest BCUT2D eigenvalue weighted by atomic mass is 16.7. The molecular formula is C12H22BNO2. The topological polar surface area (TPSA) is 30.5 Å². The van der Waals surface area contributed by atoms with Crippen molar-refractivity contribution in [3.63, 3.8) is 0 Å². The van der Waals surface area contributed by atoms with Gasteiger partial charge >= 0.3 is 7.12 Å². The van der Waals surface area contributed by atoms with E-state index >= 15 is 0 Å². The minimum atomic E-state index is -0.176. The molecule has 3 nitrogen and oxygen atoms in total. The van der Waals surface area contributed by atoms with Gasteiger partial charge in [-0.05, 0) is 59.5 Å². The monoisotopic (exact) mass is 223 g/mol. The summed E-state index contributed by atoms with van der Waals surface area (Å²) in [7, 11) is 0.0181. The van der Waals surface area contributed by atoms with Crippen LogP contribution < -0.4 is 5.32 Å². The highest BCUT2D eigenvalue weighted by Gasteiger charge is 2.69. The van der Waals surface area contributed by atoms with Crippen molar-refractivity contribution in [2.45, 2.75) is 57.1 Å². The van der Waals surface area contributed by atoms with Gasteiger partial charge in [0.25, 0.3) is 0 Å². The summed E-state index contributed by atoms with van der Waals surface area (Å²) in [6, 6.07) is 0. The normalized spacial score (nSPS) is 44.2. The molecule has 0 spiro atoms. The molecule has 2 atom stereocenters. The number of hydrogen-bond acceptors (Lipinski definition) is 3. The van der Waals surface area contributed by atoms with Crippen LogP contribution in [0, 0.1) is 5.92 Å². The summed E-state index contributed by atoms with van der Waals surface area (Å²) in [5, 5.41) is 3.78. The third-order valence-corrected chi connectivity index (χ3v) is 5.16. The van der Waals surface area contributed by atoms with Crippen LogP contribution in [-0.2, 0) is 9.31 Å². The van der Waals surface area contributed by atoms with Gasteiger partial charge < -0.3 is 14.6 Å². The summed E-state index contributed by atoms with van der Waals surface area (Å²) in [5.74, 6) is 0.774. The molecule has 0 radical (unpaired) electrons. The number of piperidine rings is 1. The van der Waals surface area contributed by atoms with Crippen LogP contribution in [0.2, 0.25) is 5.31 Å². The molecular weight excluding hydrogens is 201 g/mol. The lowest BCUT2D eigenvalue weighted by Gasteiger charge is -2.32. The van der Waals surface area contributed by atoms with Gasteiger partial charge in [-0.1, -0.05) is 0 Å². The van der Waals surface area contributed by atoms with E-state index in [1.54, 1.807) is 0 Å². The molecule has 0 aromatic rings. The maximum Gasteiger partial charge on any atom is 0.464 e. The Morgan fingerprint density at radius 3 is 2.31 bits per heavy atom. The Morgan fingerprint density at radius 2 is 1.75 bits per heavy atom. The van der Waals surface area contributed by atoms with Crippen LogP contribution in [-0.4, -0.2) is 31.4 Å². The van der Waals surface area contributed by atoms with Crippen molar-refractivity contribution < 1.29 is 9.31 Å². The number of fused-ring (bicyclic) bond motifs is 1. The molecule has 0 aromatic heterocycles. The van der Waals surface area contributed by atoms with Crippen LogP contribution in [0.15, 0.2) is 0 Å². The first-order valence-electron chi connectivity index (χ1n) is 6.44. The maximum absolute atomic E-state index is 6.20. The van der Waals surface area contributed by atoms with E-state index in [1.807, 2.05) is 0 Å². The highest BCUT2D eigenvalue weighted by molar-refractivity contribution is 6.51. The fourth-order valence-corrected chi connectivity index (χ4v) is 3.06. The van der Waals surface area contributed by atoms with E-state index in [2.05, 4.69) is 33.0 Å². The molecule has 4 heteroatoms. The Kier molecular flexibility index (Phi) is 2.10. The predicted molar refractivity (Wildman–Crippen MR) is 64.4 cm³/mol. The molecule has 90 valence electrons. The molecule has 0 amide bonds. The third kappa shape index (κ3) is 1.33. The Labute approximate surface area is 98.4 Å². The van der Waals surface area contributed by atoms with Gasteiger partial charge in [-0.15, -0.1) is 0 Å². The lowest BCUT2D eigenvalue weighted by atomic mass is 9.63. The Balaban J connectivity index is 1.79. The van der Waals surface area contributed by atoms with Crippen molar-refractivity contribution >= 4 is 7.12 Å². The molecule has 3 aliphatic rings. The van der Waals surface area contributed by atoms with Gasteiger partial charge in [-0.2, -0.15) is 0 Å². The molecule has 3 fully saturated rings. The molecule has 2 unspecified atom stereocenters. The van der Waals surface area contributed by atoms with Gasteiger partial charge in [-0.25, -0.2) is 0 Å². The van der Waals surface area contributed by atoms with Crippen molar-refractivity contribution in [1.82, 2.24) is 5.32 Å². The van der Waals surface area contributed by atoms with E-state index in [4.69, 9.17) is 9.31 Å². The molecule has 1 aliphatic carbocycles. The fraction of sp³-hybridized carbons (Fsp3) is 1.00. The molecule has 1 N–H and O–H groups in total. The van der Waals surface area contributed by atoms with Crippen LogP contribution in [0.1, 0.15) is 40.5 Å². The molecule has 1 saturated carbocycles. The average molecular weight is 223 g/mol. The minimum Gasteiger partial charge on any atom is -0.403 e. The summed E-state index contributed by atoms with van der Waals surface area (Å²) >= 11 is 0. The van der Waals surface area contributed by atoms with E-state index in [1.165, 1.54) is 12.8 Å². The fourth-order valence-electron chi connectivity index (χ4n) is 3.06. The zero-order valence-corrected chi connectivity index (χ0v) is 10.8. The Hall–Kier alpha value is -0.0551. The second-order valence-corrected chi connectivity index (χ2v) is 6.68. The van der Waals surface area contributed by atoms with Crippen molar-refractivity contribution in [1.29, 1.82) is 0 Å². The molecule has 2 heterocycles. The van der Waals surface area contributed by atoms with Gasteiger partial charge in [0.15, 0.2) is 0 Å². The minimum absolute atomic E-state index is 0.0181. The second kappa shape index (κ2) is 3.03. The smallest absolute Gasteiger partial charge is 0.403 e. The Morgan fingerprint density at radius 1 is 1.12 bits per heavy atom. The van der Waals surface area contributed by atoms with E-state index in [0.29, 0.717) is 5.31 Å². The van der Waals surface area contributed by atoms with Gasteiger partial charge in [0.05, 0.1) is 11.2 Å². The number of hydrogen-bond donors (Lipinski definition) is 1. The zero-order chi connectivity index (χ0) is 11.6. The van der Waals surface area contributed by atoms with E-state index in [0.717, 1.165) is 19.0 Å². The zero-order valence-electron chi connectivity index (χ0n) is 10.8. The van der Waals surface area contributed by atoms with Crippen molar-refractivity contribution in [3.8, 4) is 0 Å². The first-order valence-corrected chi connectivity index (χ1v) is 6.44. The van der Waals surface area contributed by atoms with Gasteiger partial charge in [-0.3, -0.25) is 0 Å². The molecule has 0 bridgehead atoms. The summed E-state index contributed by atoms with van der Waals surface area (Å²) in [5.41, 5.74) is -0.352. The first kappa shape index (κ1) is 11.1. The van der Waals surface area contributed by atoms with Crippen LogP contribution in [0.3, 0.4) is 0 Å². The van der Waals surface area contributed by atoms with Crippen molar-refractivity contribution in [3.05, 3.63) is 0 Å². The number of rotatable bonds is 1. The molecule has 2 saturated heterocycles. The molecule has 16 heavy (non-hydrogen) atoms. The van der Waals surface area contributed by atoms with Crippen LogP contribution in [0.5, 0.6) is 0 Å². The predicted octanol–water partition coefficient (Wildman–Crippen LogP) is 1.83. The quantitative estimate of drug-likeness (QED) is 0.688. The van der Waals surface area contributed by atoms with E-state index in [9.17, 15) is 0 Å². The molecule has 2 aliphatic heterocycles. The highest BCUT2D eigenvalue weighted by Crippen LogP contribution is 2.67. The van der Waals surface area contributed by atoms with Gasteiger partial charge in [0.1, 0.15) is 0 Å². The van der Waals surface area contributed by atoms with Crippen LogP contribution >= 0.6 is 0 Å². The summed E-state index contributed by atoms with van der Waals surface area (Å²) in [6.45, 7) is 10.8.